The van der Waals surface area contributed by atoms with Gasteiger partial charge in [-0.1, -0.05) is 30.3 Å². The zero-order valence-electron chi connectivity index (χ0n) is 25.3. The van der Waals surface area contributed by atoms with Crippen LogP contribution in [0.1, 0.15) is 26.3 Å². The molecule has 3 N–H and O–H groups in total. The number of carbonyl (C=O) groups is 2. The van der Waals surface area contributed by atoms with E-state index in [2.05, 4.69) is 15.4 Å². The van der Waals surface area contributed by atoms with Gasteiger partial charge in [-0.15, -0.1) is 0 Å². The number of nitrogens with one attached hydrogen (secondary N) is 3. The average molecular weight is 617 g/mol. The lowest BCUT2D eigenvalue weighted by Gasteiger charge is -2.17. The first kappa shape index (κ1) is 31.9. The minimum atomic E-state index is -4.08. The number of aryl methyl sites for hydroxylation is 1. The zero-order valence-corrected chi connectivity index (χ0v) is 26.1. The summed E-state index contributed by atoms with van der Waals surface area (Å²) < 4.78 is 40.6. The molecule has 0 bridgehead atoms. The van der Waals surface area contributed by atoms with Crippen LogP contribution in [0, 0.1) is 6.92 Å². The SMILES string of the molecule is COc1ccccc1C(=O)NCCNc1cccc(NS(=O)(=O)c2cc(-c3cccc(C(=O)N(C)C)c3)c(C)cc2OC)c1. The molecule has 0 aliphatic carbocycles. The Labute approximate surface area is 258 Å². The number of carbonyl (C=O) groups excluding carboxylic acids is 2. The third-order valence-corrected chi connectivity index (χ3v) is 8.24. The van der Waals surface area contributed by atoms with E-state index >= 15 is 0 Å². The first-order valence-corrected chi connectivity index (χ1v) is 15.3. The molecule has 0 saturated carbocycles. The van der Waals surface area contributed by atoms with E-state index in [0.717, 1.165) is 5.56 Å². The van der Waals surface area contributed by atoms with E-state index in [9.17, 15) is 18.0 Å². The molecule has 0 saturated heterocycles. The second kappa shape index (κ2) is 14.0. The Bertz CT molecular complexity index is 1770. The molecule has 2 amide bonds. The lowest BCUT2D eigenvalue weighted by atomic mass is 9.98. The van der Waals surface area contributed by atoms with E-state index < -0.39 is 10.0 Å². The Morgan fingerprint density at radius 2 is 1.50 bits per heavy atom. The number of methoxy groups -OCH3 is 2. The van der Waals surface area contributed by atoms with Crippen molar-refractivity contribution in [3.8, 4) is 22.6 Å². The first-order chi connectivity index (χ1) is 21.0. The van der Waals surface area contributed by atoms with E-state index in [1.54, 1.807) is 93.0 Å². The Morgan fingerprint density at radius 1 is 0.795 bits per heavy atom. The highest BCUT2D eigenvalue weighted by molar-refractivity contribution is 7.92. The minimum absolute atomic E-state index is 0.0395. The summed E-state index contributed by atoms with van der Waals surface area (Å²) in [5, 5.41) is 6.03. The summed E-state index contributed by atoms with van der Waals surface area (Å²) in [5.74, 6) is 0.274. The molecule has 0 fully saturated rings. The van der Waals surface area contributed by atoms with E-state index in [4.69, 9.17) is 9.47 Å². The van der Waals surface area contributed by atoms with Crippen LogP contribution in [-0.2, 0) is 10.0 Å². The second-order valence-electron chi connectivity index (χ2n) is 10.2. The van der Waals surface area contributed by atoms with Crippen molar-refractivity contribution in [3.05, 3.63) is 102 Å². The highest BCUT2D eigenvalue weighted by Crippen LogP contribution is 2.35. The molecular formula is C33H36N4O6S. The van der Waals surface area contributed by atoms with Crippen LogP contribution < -0.4 is 24.8 Å². The zero-order chi connectivity index (χ0) is 31.9. The van der Waals surface area contributed by atoms with Crippen molar-refractivity contribution in [1.82, 2.24) is 10.2 Å². The van der Waals surface area contributed by atoms with E-state index in [1.807, 2.05) is 13.0 Å². The fourth-order valence-electron chi connectivity index (χ4n) is 4.63. The highest BCUT2D eigenvalue weighted by Gasteiger charge is 2.23. The van der Waals surface area contributed by atoms with Crippen molar-refractivity contribution in [1.29, 1.82) is 0 Å². The first-order valence-electron chi connectivity index (χ1n) is 13.8. The fraction of sp³-hybridized carbons (Fsp3) is 0.212. The normalized spacial score (nSPS) is 10.9. The van der Waals surface area contributed by atoms with Crippen LogP contribution in [0.3, 0.4) is 0 Å². The van der Waals surface area contributed by atoms with E-state index in [1.165, 1.54) is 19.1 Å². The monoisotopic (exact) mass is 616 g/mol. The molecule has 4 aromatic rings. The highest BCUT2D eigenvalue weighted by atomic mass is 32.2. The molecule has 4 rings (SSSR count). The van der Waals surface area contributed by atoms with Gasteiger partial charge in [0.05, 0.1) is 25.5 Å². The molecule has 0 aliphatic heterocycles. The van der Waals surface area contributed by atoms with Gasteiger partial charge in [-0.05, 0) is 78.2 Å². The Morgan fingerprint density at radius 3 is 2.23 bits per heavy atom. The van der Waals surface area contributed by atoms with Crippen molar-refractivity contribution in [2.75, 3.05) is 51.4 Å². The van der Waals surface area contributed by atoms with Gasteiger partial charge < -0.3 is 25.0 Å². The van der Waals surface area contributed by atoms with Gasteiger partial charge in [-0.3, -0.25) is 14.3 Å². The standard InChI is InChI=1S/C33H36N4O6S/c1-22-18-30(43-5)31(21-28(22)23-10-8-11-24(19-23)33(39)37(2)3)44(40,41)36-26-13-9-12-25(20-26)34-16-17-35-32(38)27-14-6-7-15-29(27)42-4/h6-15,18-21,34,36H,16-17H2,1-5H3,(H,35,38). The number of sulfonamides is 1. The molecule has 230 valence electrons. The Hall–Kier alpha value is -5.03. The quantitative estimate of drug-likeness (QED) is 0.191. The topological polar surface area (TPSA) is 126 Å². The lowest BCUT2D eigenvalue weighted by molar-refractivity contribution is 0.0827. The predicted molar refractivity (Wildman–Crippen MR) is 172 cm³/mol. The van der Waals surface area contributed by atoms with Crippen molar-refractivity contribution < 1.29 is 27.5 Å². The summed E-state index contributed by atoms with van der Waals surface area (Å²) in [6, 6.07) is 24.1. The van der Waals surface area contributed by atoms with Crippen molar-refractivity contribution in [2.45, 2.75) is 11.8 Å². The molecule has 0 aliphatic rings. The summed E-state index contributed by atoms with van der Waals surface area (Å²) in [5.41, 5.74) is 4.10. The van der Waals surface area contributed by atoms with Gasteiger partial charge in [0.25, 0.3) is 21.8 Å². The number of ether oxygens (including phenoxy) is 2. The average Bonchev–Trinajstić information content (AvgIpc) is 3.02. The van der Waals surface area contributed by atoms with Gasteiger partial charge in [-0.2, -0.15) is 0 Å². The van der Waals surface area contributed by atoms with Gasteiger partial charge in [0, 0.05) is 38.4 Å². The number of amides is 2. The van der Waals surface area contributed by atoms with Crippen LogP contribution in [0.4, 0.5) is 11.4 Å². The van der Waals surface area contributed by atoms with Crippen LogP contribution >= 0.6 is 0 Å². The number of anilines is 2. The molecule has 0 radical (unpaired) electrons. The van der Waals surface area contributed by atoms with Crippen LogP contribution in [0.5, 0.6) is 11.5 Å². The number of hydrogen-bond donors (Lipinski definition) is 3. The maximum Gasteiger partial charge on any atom is 0.265 e. The number of nitrogens with zero attached hydrogens (tertiary/aromatic N) is 1. The molecular weight excluding hydrogens is 580 g/mol. The summed E-state index contributed by atoms with van der Waals surface area (Å²) in [4.78, 5) is 26.5. The fourth-order valence-corrected chi connectivity index (χ4v) is 5.86. The molecule has 44 heavy (non-hydrogen) atoms. The Balaban J connectivity index is 1.49. The van der Waals surface area contributed by atoms with Gasteiger partial charge in [0.15, 0.2) is 0 Å². The molecule has 0 atom stereocenters. The molecule has 0 aromatic heterocycles. The largest absolute Gasteiger partial charge is 0.496 e. The van der Waals surface area contributed by atoms with Crippen LogP contribution in [0.15, 0.2) is 89.8 Å². The molecule has 10 nitrogen and oxygen atoms in total. The summed E-state index contributed by atoms with van der Waals surface area (Å²) >= 11 is 0. The van der Waals surface area contributed by atoms with Gasteiger partial charge in [-0.25, -0.2) is 8.42 Å². The third-order valence-electron chi connectivity index (χ3n) is 6.83. The van der Waals surface area contributed by atoms with E-state index in [-0.39, 0.29) is 22.5 Å². The van der Waals surface area contributed by atoms with Crippen LogP contribution in [0.25, 0.3) is 11.1 Å². The molecule has 11 heteroatoms. The predicted octanol–water partition coefficient (Wildman–Crippen LogP) is 5.02. The smallest absolute Gasteiger partial charge is 0.265 e. The third kappa shape index (κ3) is 7.48. The van der Waals surface area contributed by atoms with Gasteiger partial charge in [0.1, 0.15) is 16.4 Å². The lowest BCUT2D eigenvalue weighted by Crippen LogP contribution is -2.29. The molecule has 0 heterocycles. The second-order valence-corrected chi connectivity index (χ2v) is 11.8. The van der Waals surface area contributed by atoms with Gasteiger partial charge in [0.2, 0.25) is 0 Å². The summed E-state index contributed by atoms with van der Waals surface area (Å²) in [6.07, 6.45) is 0. The number of rotatable bonds is 12. The van der Waals surface area contributed by atoms with Gasteiger partial charge >= 0.3 is 0 Å². The Kier molecular flexibility index (Phi) is 10.1. The molecule has 4 aromatic carbocycles. The van der Waals surface area contributed by atoms with Crippen LogP contribution in [-0.4, -0.2) is 66.5 Å². The maximum absolute atomic E-state index is 13.6. The van der Waals surface area contributed by atoms with Crippen molar-refractivity contribution in [2.24, 2.45) is 0 Å². The molecule has 0 spiro atoms. The van der Waals surface area contributed by atoms with Crippen molar-refractivity contribution in [3.63, 3.8) is 0 Å². The van der Waals surface area contributed by atoms with E-state index in [0.29, 0.717) is 52.5 Å². The number of hydrogen-bond acceptors (Lipinski definition) is 7. The maximum atomic E-state index is 13.6. The van der Waals surface area contributed by atoms with Crippen LogP contribution in [0.2, 0.25) is 0 Å². The summed E-state index contributed by atoms with van der Waals surface area (Å²) in [6.45, 7) is 2.59. The minimum Gasteiger partial charge on any atom is -0.496 e. The summed E-state index contributed by atoms with van der Waals surface area (Å²) in [7, 11) is 2.20. The number of benzene rings is 4. The number of para-hydroxylation sites is 1. The molecule has 0 unspecified atom stereocenters. The van der Waals surface area contributed by atoms with Crippen molar-refractivity contribution >= 4 is 33.2 Å².